The first kappa shape index (κ1) is 14.9. The smallest absolute Gasteiger partial charge is 0.404 e. The van der Waals surface area contributed by atoms with Gasteiger partial charge in [0.25, 0.3) is 6.43 Å². The van der Waals surface area contributed by atoms with Crippen molar-refractivity contribution in [2.75, 3.05) is 0 Å². The Morgan fingerprint density at radius 3 is 2.41 bits per heavy atom. The van der Waals surface area contributed by atoms with Gasteiger partial charge in [-0.3, -0.25) is 4.98 Å². The van der Waals surface area contributed by atoms with Crippen molar-refractivity contribution in [3.8, 4) is 5.75 Å². The molecule has 0 N–H and O–H groups in total. The third-order valence-corrected chi connectivity index (χ3v) is 2.97. The van der Waals surface area contributed by atoms with Crippen molar-refractivity contribution in [2.24, 2.45) is 0 Å². The molecule has 1 aromatic heterocycles. The fraction of sp³-hybridized carbons (Fsp3) is 0.375. The summed E-state index contributed by atoms with van der Waals surface area (Å²) in [5, 5.41) is -0.0855. The first-order chi connectivity index (χ1) is 7.76. The van der Waals surface area contributed by atoms with E-state index in [0.29, 0.717) is 0 Å². The van der Waals surface area contributed by atoms with Gasteiger partial charge in [0.15, 0.2) is 5.75 Å². The molecule has 0 saturated carbocycles. The Labute approximate surface area is 115 Å². The highest BCUT2D eigenvalue weighted by Gasteiger charge is 2.35. The number of alkyl halides is 6. The van der Waals surface area contributed by atoms with E-state index in [0.717, 1.165) is 6.20 Å². The fourth-order valence-electron chi connectivity index (χ4n) is 1.07. The minimum atomic E-state index is -5.02. The number of nitrogens with zero attached hydrogens (tertiary/aromatic N) is 1. The number of pyridine rings is 1. The van der Waals surface area contributed by atoms with Crippen LogP contribution in [0.3, 0.4) is 0 Å². The van der Waals surface area contributed by atoms with Crippen LogP contribution in [0.15, 0.2) is 6.20 Å². The summed E-state index contributed by atoms with van der Waals surface area (Å²) in [6.07, 6.45) is -7.07. The van der Waals surface area contributed by atoms with E-state index in [-0.39, 0.29) is 14.6 Å². The van der Waals surface area contributed by atoms with Crippen LogP contribution in [0, 0.1) is 3.57 Å². The highest BCUT2D eigenvalue weighted by atomic mass is 127. The molecule has 0 unspecified atom stereocenters. The molecule has 1 rings (SSSR count). The van der Waals surface area contributed by atoms with Gasteiger partial charge in [0.1, 0.15) is 0 Å². The van der Waals surface area contributed by atoms with Crippen molar-refractivity contribution in [1.82, 2.24) is 4.98 Å². The third-order valence-electron chi connectivity index (χ3n) is 1.67. The van der Waals surface area contributed by atoms with Gasteiger partial charge in [-0.2, -0.15) is 0 Å². The fourth-order valence-corrected chi connectivity index (χ4v) is 2.06. The van der Waals surface area contributed by atoms with Crippen LogP contribution in [0.2, 0.25) is 0 Å². The molecule has 17 heavy (non-hydrogen) atoms. The van der Waals surface area contributed by atoms with Crippen LogP contribution >= 0.6 is 38.5 Å². The SMILES string of the molecule is FC(F)c1c(CBr)ncc(I)c1OC(F)(F)F. The maximum absolute atomic E-state index is 12.7. The van der Waals surface area contributed by atoms with Crippen molar-refractivity contribution >= 4 is 38.5 Å². The molecule has 0 aliphatic carbocycles. The highest BCUT2D eigenvalue weighted by molar-refractivity contribution is 14.1. The molecule has 0 bridgehead atoms. The summed E-state index contributed by atoms with van der Waals surface area (Å²) in [7, 11) is 0. The van der Waals surface area contributed by atoms with Gasteiger partial charge in [-0.1, -0.05) is 15.9 Å². The van der Waals surface area contributed by atoms with Gasteiger partial charge in [0, 0.05) is 11.5 Å². The maximum Gasteiger partial charge on any atom is 0.573 e. The van der Waals surface area contributed by atoms with Gasteiger partial charge >= 0.3 is 6.36 Å². The van der Waals surface area contributed by atoms with E-state index in [4.69, 9.17) is 0 Å². The van der Waals surface area contributed by atoms with E-state index in [9.17, 15) is 22.0 Å². The van der Waals surface area contributed by atoms with E-state index in [1.165, 1.54) is 22.6 Å². The van der Waals surface area contributed by atoms with Crippen LogP contribution in [0.5, 0.6) is 5.75 Å². The number of halogens is 7. The number of aromatic nitrogens is 1. The summed E-state index contributed by atoms with van der Waals surface area (Å²) >= 11 is 4.34. The molecule has 1 aromatic rings. The molecular weight excluding hydrogens is 428 g/mol. The zero-order valence-electron chi connectivity index (χ0n) is 7.86. The second-order valence-corrected chi connectivity index (χ2v) is 4.50. The zero-order valence-corrected chi connectivity index (χ0v) is 11.6. The minimum Gasteiger partial charge on any atom is -0.404 e. The molecule has 0 aliphatic rings. The van der Waals surface area contributed by atoms with Crippen LogP contribution in [-0.4, -0.2) is 11.3 Å². The van der Waals surface area contributed by atoms with E-state index in [1.54, 1.807) is 0 Å². The standard InChI is InChI=1S/C8H4BrF5INO/c9-1-4-5(7(10)11)6(3(15)2-16-4)17-8(12,13)14/h2,7H,1H2. The molecule has 96 valence electrons. The highest BCUT2D eigenvalue weighted by Crippen LogP contribution is 2.38. The van der Waals surface area contributed by atoms with Crippen LogP contribution in [0.4, 0.5) is 22.0 Å². The van der Waals surface area contributed by atoms with Crippen molar-refractivity contribution in [2.45, 2.75) is 18.1 Å². The topological polar surface area (TPSA) is 22.1 Å². The largest absolute Gasteiger partial charge is 0.573 e. The van der Waals surface area contributed by atoms with Crippen LogP contribution in [-0.2, 0) is 5.33 Å². The second kappa shape index (κ2) is 5.63. The van der Waals surface area contributed by atoms with Gasteiger partial charge in [0.2, 0.25) is 0 Å². The average molecular weight is 432 g/mol. The molecule has 9 heteroatoms. The van der Waals surface area contributed by atoms with Crippen LogP contribution in [0.25, 0.3) is 0 Å². The third kappa shape index (κ3) is 3.90. The Morgan fingerprint density at radius 1 is 1.41 bits per heavy atom. The van der Waals surface area contributed by atoms with E-state index >= 15 is 0 Å². The van der Waals surface area contributed by atoms with Gasteiger partial charge in [0.05, 0.1) is 14.8 Å². The normalized spacial score (nSPS) is 12.0. The summed E-state index contributed by atoms with van der Waals surface area (Å²) in [5.41, 5.74) is -1.02. The summed E-state index contributed by atoms with van der Waals surface area (Å²) in [6.45, 7) is 0. The molecule has 0 atom stereocenters. The van der Waals surface area contributed by atoms with Crippen molar-refractivity contribution in [3.63, 3.8) is 0 Å². The lowest BCUT2D eigenvalue weighted by Crippen LogP contribution is -2.20. The molecule has 0 spiro atoms. The first-order valence-corrected chi connectivity index (χ1v) is 6.23. The molecule has 0 saturated heterocycles. The van der Waals surface area contributed by atoms with Gasteiger partial charge in [-0.25, -0.2) is 8.78 Å². The van der Waals surface area contributed by atoms with E-state index < -0.39 is 24.1 Å². The molecule has 0 aromatic carbocycles. The molecule has 0 amide bonds. The quantitative estimate of drug-likeness (QED) is 0.401. The van der Waals surface area contributed by atoms with Crippen LogP contribution in [0.1, 0.15) is 17.7 Å². The molecule has 0 fully saturated rings. The summed E-state index contributed by atoms with van der Waals surface area (Å²) in [5.74, 6) is -0.891. The number of ether oxygens (including phenoxy) is 1. The Hall–Kier alpha value is -0.190. The number of hydrogen-bond donors (Lipinski definition) is 0. The predicted molar refractivity (Wildman–Crippen MR) is 61.2 cm³/mol. The van der Waals surface area contributed by atoms with Crippen LogP contribution < -0.4 is 4.74 Å². The van der Waals surface area contributed by atoms with Crippen molar-refractivity contribution < 1.29 is 26.7 Å². The summed E-state index contributed by atoms with van der Waals surface area (Å²) in [6, 6.07) is 0. The maximum atomic E-state index is 12.7. The number of hydrogen-bond acceptors (Lipinski definition) is 2. The second-order valence-electron chi connectivity index (χ2n) is 2.78. The first-order valence-electron chi connectivity index (χ1n) is 4.03. The monoisotopic (exact) mass is 431 g/mol. The molecule has 0 radical (unpaired) electrons. The Bertz CT molecular complexity index is 412. The van der Waals surface area contributed by atoms with E-state index in [1.807, 2.05) is 0 Å². The van der Waals surface area contributed by atoms with Gasteiger partial charge in [-0.05, 0) is 22.6 Å². The minimum absolute atomic E-state index is 0.0855. The Kier molecular flexibility index (Phi) is 4.93. The number of rotatable bonds is 3. The lowest BCUT2D eigenvalue weighted by atomic mass is 10.2. The Morgan fingerprint density at radius 2 is 2.00 bits per heavy atom. The van der Waals surface area contributed by atoms with Crippen molar-refractivity contribution in [1.29, 1.82) is 0 Å². The van der Waals surface area contributed by atoms with E-state index in [2.05, 4.69) is 25.7 Å². The predicted octanol–water partition coefficient (Wildman–Crippen LogP) is 4.42. The average Bonchev–Trinajstić information content (AvgIpc) is 2.18. The molecule has 2 nitrogen and oxygen atoms in total. The lowest BCUT2D eigenvalue weighted by Gasteiger charge is -2.16. The van der Waals surface area contributed by atoms with Gasteiger partial charge < -0.3 is 4.74 Å². The molecule has 0 aliphatic heterocycles. The Balaban J connectivity index is 3.34. The zero-order chi connectivity index (χ0) is 13.2. The summed E-state index contributed by atoms with van der Waals surface area (Å²) < 4.78 is 65.2. The van der Waals surface area contributed by atoms with Gasteiger partial charge in [-0.15, -0.1) is 13.2 Å². The lowest BCUT2D eigenvalue weighted by molar-refractivity contribution is -0.275. The molecular formula is C8H4BrF5INO. The molecule has 1 heterocycles. The summed E-state index contributed by atoms with van der Waals surface area (Å²) in [4.78, 5) is 3.63. The van der Waals surface area contributed by atoms with Crippen molar-refractivity contribution in [3.05, 3.63) is 21.0 Å².